The van der Waals surface area contributed by atoms with Gasteiger partial charge in [0, 0.05) is 24.8 Å². The first-order valence-electron chi connectivity index (χ1n) is 5.72. The van der Waals surface area contributed by atoms with Gasteiger partial charge in [-0.25, -0.2) is 0 Å². The number of halogens is 1. The predicted octanol–water partition coefficient (Wildman–Crippen LogP) is 3.02. The van der Waals surface area contributed by atoms with Crippen molar-refractivity contribution in [3.05, 3.63) is 34.3 Å². The third-order valence-electron chi connectivity index (χ3n) is 2.19. The Labute approximate surface area is 111 Å². The topological polar surface area (TPSA) is 27.7 Å². The summed E-state index contributed by atoms with van der Waals surface area (Å²) in [5.41, 5.74) is 1.17. The molecule has 0 aliphatic carbocycles. The predicted molar refractivity (Wildman–Crippen MR) is 71.1 cm³/mol. The van der Waals surface area contributed by atoms with Gasteiger partial charge in [0.15, 0.2) is 0 Å². The van der Waals surface area contributed by atoms with Crippen molar-refractivity contribution in [2.24, 2.45) is 0 Å². The summed E-state index contributed by atoms with van der Waals surface area (Å²) in [5, 5.41) is 0. The van der Waals surface area contributed by atoms with E-state index in [0.29, 0.717) is 19.8 Å². The van der Waals surface area contributed by atoms with Crippen LogP contribution in [0.5, 0.6) is 0 Å². The van der Waals surface area contributed by atoms with E-state index in [4.69, 9.17) is 14.2 Å². The highest BCUT2D eigenvalue weighted by atomic mass is 79.9. The molecule has 0 atom stereocenters. The third kappa shape index (κ3) is 7.49. The molecule has 3 nitrogen and oxygen atoms in total. The summed E-state index contributed by atoms with van der Waals surface area (Å²) in [7, 11) is 1.70. The monoisotopic (exact) mass is 302 g/mol. The Bertz CT molecular complexity index is 287. The summed E-state index contributed by atoms with van der Waals surface area (Å²) in [4.78, 5) is 0. The van der Waals surface area contributed by atoms with Crippen molar-refractivity contribution in [1.82, 2.24) is 0 Å². The second-order valence-corrected chi connectivity index (χ2v) is 4.55. The maximum Gasteiger partial charge on any atom is 0.0718 e. The van der Waals surface area contributed by atoms with Gasteiger partial charge < -0.3 is 14.2 Å². The van der Waals surface area contributed by atoms with Crippen LogP contribution < -0.4 is 0 Å². The number of ether oxygens (including phenoxy) is 3. The average molecular weight is 303 g/mol. The lowest BCUT2D eigenvalue weighted by molar-refractivity contribution is 0.0337. The Morgan fingerprint density at radius 1 is 0.941 bits per heavy atom. The molecule has 0 unspecified atom stereocenters. The van der Waals surface area contributed by atoms with Crippen LogP contribution in [0.4, 0.5) is 0 Å². The molecule has 0 bridgehead atoms. The maximum atomic E-state index is 5.49. The van der Waals surface area contributed by atoms with Crippen LogP contribution in [0.3, 0.4) is 0 Å². The second kappa shape index (κ2) is 9.59. The molecule has 0 aliphatic rings. The highest BCUT2D eigenvalue weighted by molar-refractivity contribution is 9.10. The Kier molecular flexibility index (Phi) is 8.26. The molecule has 0 saturated carbocycles. The fraction of sp³-hybridized carbons (Fsp3) is 0.538. The first-order chi connectivity index (χ1) is 8.33. The summed E-state index contributed by atoms with van der Waals surface area (Å²) in [6, 6.07) is 8.12. The molecule has 0 aliphatic heterocycles. The molecule has 17 heavy (non-hydrogen) atoms. The van der Waals surface area contributed by atoms with Crippen LogP contribution >= 0.6 is 15.9 Å². The Hall–Kier alpha value is -0.420. The summed E-state index contributed by atoms with van der Waals surface area (Å²) in [6.07, 6.45) is 0.934. The van der Waals surface area contributed by atoms with E-state index in [1.807, 2.05) is 24.3 Å². The van der Waals surface area contributed by atoms with E-state index in [1.165, 1.54) is 5.56 Å². The number of rotatable bonds is 9. The van der Waals surface area contributed by atoms with Crippen LogP contribution in [0, 0.1) is 0 Å². The van der Waals surface area contributed by atoms with Crippen molar-refractivity contribution >= 4 is 15.9 Å². The largest absolute Gasteiger partial charge is 0.385 e. The highest BCUT2D eigenvalue weighted by Gasteiger charge is 1.94. The summed E-state index contributed by atoms with van der Waals surface area (Å²) >= 11 is 3.40. The Balaban J connectivity index is 1.95. The summed E-state index contributed by atoms with van der Waals surface area (Å²) in [5.74, 6) is 0. The van der Waals surface area contributed by atoms with E-state index in [1.54, 1.807) is 7.11 Å². The SMILES string of the molecule is COCCCOCCOCc1ccc(Br)cc1. The normalized spacial score (nSPS) is 10.7. The van der Waals surface area contributed by atoms with Crippen LogP contribution in [0.25, 0.3) is 0 Å². The molecule has 0 spiro atoms. The van der Waals surface area contributed by atoms with Crippen LogP contribution in [0.1, 0.15) is 12.0 Å². The molecule has 96 valence electrons. The molecular weight excluding hydrogens is 284 g/mol. The molecule has 0 amide bonds. The lowest BCUT2D eigenvalue weighted by Gasteiger charge is -2.06. The van der Waals surface area contributed by atoms with E-state index in [2.05, 4.69) is 15.9 Å². The zero-order valence-corrected chi connectivity index (χ0v) is 11.7. The smallest absolute Gasteiger partial charge is 0.0718 e. The van der Waals surface area contributed by atoms with Gasteiger partial charge >= 0.3 is 0 Å². The minimum atomic E-state index is 0.628. The van der Waals surface area contributed by atoms with Crippen molar-refractivity contribution in [2.45, 2.75) is 13.0 Å². The third-order valence-corrected chi connectivity index (χ3v) is 2.72. The van der Waals surface area contributed by atoms with Crippen molar-refractivity contribution in [2.75, 3.05) is 33.5 Å². The summed E-state index contributed by atoms with van der Waals surface area (Å²) in [6.45, 7) is 3.38. The first-order valence-corrected chi connectivity index (χ1v) is 6.51. The highest BCUT2D eigenvalue weighted by Crippen LogP contribution is 2.10. The molecular formula is C13H19BrO3. The lowest BCUT2D eigenvalue weighted by Crippen LogP contribution is -2.06. The number of benzene rings is 1. The van der Waals surface area contributed by atoms with Crippen molar-refractivity contribution in [3.63, 3.8) is 0 Å². The van der Waals surface area contributed by atoms with Gasteiger partial charge in [0.25, 0.3) is 0 Å². The van der Waals surface area contributed by atoms with E-state index < -0.39 is 0 Å². The van der Waals surface area contributed by atoms with Crippen molar-refractivity contribution in [1.29, 1.82) is 0 Å². The minimum Gasteiger partial charge on any atom is -0.385 e. The van der Waals surface area contributed by atoms with Crippen molar-refractivity contribution < 1.29 is 14.2 Å². The summed E-state index contributed by atoms with van der Waals surface area (Å²) < 4.78 is 16.9. The zero-order valence-electron chi connectivity index (χ0n) is 10.2. The van der Waals surface area contributed by atoms with Gasteiger partial charge in [0.05, 0.1) is 19.8 Å². The van der Waals surface area contributed by atoms with E-state index >= 15 is 0 Å². The number of methoxy groups -OCH3 is 1. The molecule has 4 heteroatoms. The lowest BCUT2D eigenvalue weighted by atomic mass is 10.2. The Morgan fingerprint density at radius 3 is 2.35 bits per heavy atom. The van der Waals surface area contributed by atoms with Gasteiger partial charge in [0.2, 0.25) is 0 Å². The van der Waals surface area contributed by atoms with Crippen molar-refractivity contribution in [3.8, 4) is 0 Å². The first kappa shape index (κ1) is 14.6. The zero-order chi connectivity index (χ0) is 12.3. The number of hydrogen-bond donors (Lipinski definition) is 0. The average Bonchev–Trinajstić information content (AvgIpc) is 2.35. The second-order valence-electron chi connectivity index (χ2n) is 3.64. The van der Waals surface area contributed by atoms with Gasteiger partial charge in [-0.2, -0.15) is 0 Å². The molecule has 1 rings (SSSR count). The quantitative estimate of drug-likeness (QED) is 0.656. The molecule has 0 saturated heterocycles. The minimum absolute atomic E-state index is 0.628. The van der Waals surface area contributed by atoms with Gasteiger partial charge in [-0.3, -0.25) is 0 Å². The van der Waals surface area contributed by atoms with Gasteiger partial charge in [0.1, 0.15) is 0 Å². The Morgan fingerprint density at radius 2 is 1.65 bits per heavy atom. The molecule has 0 radical (unpaired) electrons. The van der Waals surface area contributed by atoms with Crippen LogP contribution in [-0.4, -0.2) is 33.5 Å². The van der Waals surface area contributed by atoms with Gasteiger partial charge in [-0.05, 0) is 24.1 Å². The van der Waals surface area contributed by atoms with E-state index in [9.17, 15) is 0 Å². The van der Waals surface area contributed by atoms with Gasteiger partial charge in [-0.1, -0.05) is 28.1 Å². The fourth-order valence-corrected chi connectivity index (χ4v) is 1.56. The van der Waals surface area contributed by atoms with E-state index in [0.717, 1.165) is 24.1 Å². The van der Waals surface area contributed by atoms with Crippen LogP contribution in [0.15, 0.2) is 28.7 Å². The molecule has 0 N–H and O–H groups in total. The van der Waals surface area contributed by atoms with Crippen LogP contribution in [0.2, 0.25) is 0 Å². The molecule has 0 fully saturated rings. The fourth-order valence-electron chi connectivity index (χ4n) is 1.30. The standard InChI is InChI=1S/C13H19BrO3/c1-15-7-2-8-16-9-10-17-11-12-3-5-13(14)6-4-12/h3-6H,2,7-11H2,1H3. The molecule has 0 aromatic heterocycles. The van der Waals surface area contributed by atoms with E-state index in [-0.39, 0.29) is 0 Å². The molecule has 1 aromatic carbocycles. The maximum absolute atomic E-state index is 5.49. The number of hydrogen-bond acceptors (Lipinski definition) is 3. The van der Waals surface area contributed by atoms with Gasteiger partial charge in [-0.15, -0.1) is 0 Å². The molecule has 1 aromatic rings. The molecule has 0 heterocycles. The van der Waals surface area contributed by atoms with Crippen LogP contribution in [-0.2, 0) is 20.8 Å².